The molecule has 1 rings (SSSR count). The molecule has 0 heterocycles. The minimum absolute atomic E-state index is 0.250. The van der Waals surface area contributed by atoms with Crippen molar-refractivity contribution in [3.05, 3.63) is 17.7 Å². The van der Waals surface area contributed by atoms with Crippen molar-refractivity contribution in [3.63, 3.8) is 0 Å². The molecule has 0 aliphatic heterocycles. The lowest BCUT2D eigenvalue weighted by Gasteiger charge is -2.24. The van der Waals surface area contributed by atoms with Gasteiger partial charge in [0, 0.05) is 17.7 Å². The van der Waals surface area contributed by atoms with Crippen LogP contribution in [0.2, 0.25) is 0 Å². The number of nitrogens with one attached hydrogen (secondary N) is 1. The molecule has 0 spiro atoms. The lowest BCUT2D eigenvalue weighted by molar-refractivity contribution is 0.341. The summed E-state index contributed by atoms with van der Waals surface area (Å²) in [5.41, 5.74) is 1.12. The summed E-state index contributed by atoms with van der Waals surface area (Å²) in [6, 6.07) is 4.17. The summed E-state index contributed by atoms with van der Waals surface area (Å²) in [4.78, 5) is 0. The fraction of sp³-hybridized carbons (Fsp3) is 0.647. The van der Waals surface area contributed by atoms with Crippen LogP contribution in [0.1, 0.15) is 45.2 Å². The van der Waals surface area contributed by atoms with Crippen molar-refractivity contribution < 1.29 is 14.2 Å². The maximum atomic E-state index is 5.55. The summed E-state index contributed by atoms with van der Waals surface area (Å²) in [5.74, 6) is 2.86. The third-order valence-corrected chi connectivity index (χ3v) is 3.46. The van der Waals surface area contributed by atoms with E-state index in [4.69, 9.17) is 14.2 Å². The molecule has 0 aromatic heterocycles. The highest BCUT2D eigenvalue weighted by atomic mass is 16.5. The molecule has 0 radical (unpaired) electrons. The molecule has 0 aliphatic carbocycles. The molecule has 21 heavy (non-hydrogen) atoms. The molecule has 0 bridgehead atoms. The largest absolute Gasteiger partial charge is 0.496 e. The van der Waals surface area contributed by atoms with Crippen molar-refractivity contribution in [3.8, 4) is 17.2 Å². The first-order valence-electron chi connectivity index (χ1n) is 7.60. The molecule has 1 atom stereocenters. The van der Waals surface area contributed by atoms with Gasteiger partial charge in [-0.15, -0.1) is 0 Å². The highest BCUT2D eigenvalue weighted by molar-refractivity contribution is 5.51. The first-order valence-corrected chi connectivity index (χ1v) is 7.60. The SMILES string of the molecule is CCCNC(CC(C)C)c1cc(OC)c(OC)cc1OC. The van der Waals surface area contributed by atoms with Crippen LogP contribution in [-0.2, 0) is 0 Å². The second kappa shape index (κ2) is 8.78. The summed E-state index contributed by atoms with van der Waals surface area (Å²) < 4.78 is 16.3. The Labute approximate surface area is 128 Å². The molecule has 1 aromatic carbocycles. The summed E-state index contributed by atoms with van der Waals surface area (Å²) in [7, 11) is 4.99. The number of rotatable bonds is 9. The van der Waals surface area contributed by atoms with Crippen molar-refractivity contribution in [2.45, 2.75) is 39.7 Å². The van der Waals surface area contributed by atoms with Gasteiger partial charge in [0.2, 0.25) is 0 Å². The van der Waals surface area contributed by atoms with Crippen LogP contribution in [-0.4, -0.2) is 27.9 Å². The Morgan fingerprint density at radius 1 is 0.952 bits per heavy atom. The molecule has 1 unspecified atom stereocenters. The Balaban J connectivity index is 3.20. The number of ether oxygens (including phenoxy) is 3. The van der Waals surface area contributed by atoms with E-state index in [2.05, 4.69) is 26.1 Å². The van der Waals surface area contributed by atoms with E-state index in [1.165, 1.54) is 0 Å². The highest BCUT2D eigenvalue weighted by Gasteiger charge is 2.20. The number of hydrogen-bond acceptors (Lipinski definition) is 4. The third kappa shape index (κ3) is 4.81. The Bertz CT molecular complexity index is 432. The van der Waals surface area contributed by atoms with Gasteiger partial charge in [-0.05, 0) is 31.4 Å². The molecule has 4 nitrogen and oxygen atoms in total. The highest BCUT2D eigenvalue weighted by Crippen LogP contribution is 2.39. The summed E-state index contributed by atoms with van der Waals surface area (Å²) in [6.45, 7) is 7.61. The lowest BCUT2D eigenvalue weighted by Crippen LogP contribution is -2.24. The van der Waals surface area contributed by atoms with Gasteiger partial charge in [0.1, 0.15) is 5.75 Å². The first-order chi connectivity index (χ1) is 10.1. The summed E-state index contributed by atoms with van der Waals surface area (Å²) in [6.07, 6.45) is 2.15. The maximum Gasteiger partial charge on any atom is 0.164 e. The molecule has 0 aliphatic rings. The van der Waals surface area contributed by atoms with Crippen LogP contribution < -0.4 is 19.5 Å². The van der Waals surface area contributed by atoms with Crippen molar-refractivity contribution in [1.29, 1.82) is 0 Å². The van der Waals surface area contributed by atoms with E-state index in [1.54, 1.807) is 21.3 Å². The van der Waals surface area contributed by atoms with Gasteiger partial charge in [-0.2, -0.15) is 0 Å². The molecule has 0 amide bonds. The smallest absolute Gasteiger partial charge is 0.164 e. The van der Waals surface area contributed by atoms with Gasteiger partial charge in [0.05, 0.1) is 21.3 Å². The minimum atomic E-state index is 0.250. The lowest BCUT2D eigenvalue weighted by atomic mass is 9.95. The van der Waals surface area contributed by atoms with Crippen molar-refractivity contribution in [2.24, 2.45) is 5.92 Å². The topological polar surface area (TPSA) is 39.7 Å². The zero-order valence-corrected chi connectivity index (χ0v) is 14.2. The zero-order valence-electron chi connectivity index (χ0n) is 14.2. The van der Waals surface area contributed by atoms with E-state index in [-0.39, 0.29) is 6.04 Å². The average Bonchev–Trinajstić information content (AvgIpc) is 2.49. The van der Waals surface area contributed by atoms with Crippen LogP contribution in [0, 0.1) is 5.92 Å². The Morgan fingerprint density at radius 3 is 2.00 bits per heavy atom. The monoisotopic (exact) mass is 295 g/mol. The summed E-state index contributed by atoms with van der Waals surface area (Å²) >= 11 is 0. The van der Waals surface area contributed by atoms with Crippen LogP contribution in [0.3, 0.4) is 0 Å². The molecule has 120 valence electrons. The Kier molecular flexibility index (Phi) is 7.37. The van der Waals surface area contributed by atoms with E-state index in [0.717, 1.165) is 36.4 Å². The molecule has 1 aromatic rings. The third-order valence-electron chi connectivity index (χ3n) is 3.46. The number of methoxy groups -OCH3 is 3. The van der Waals surface area contributed by atoms with Crippen molar-refractivity contribution in [2.75, 3.05) is 27.9 Å². The molecule has 1 N–H and O–H groups in total. The fourth-order valence-electron chi connectivity index (χ4n) is 2.44. The predicted molar refractivity (Wildman–Crippen MR) is 86.6 cm³/mol. The fourth-order valence-corrected chi connectivity index (χ4v) is 2.44. The normalized spacial score (nSPS) is 12.3. The van der Waals surface area contributed by atoms with Crippen LogP contribution in [0.25, 0.3) is 0 Å². The number of hydrogen-bond donors (Lipinski definition) is 1. The van der Waals surface area contributed by atoms with E-state index >= 15 is 0 Å². The average molecular weight is 295 g/mol. The second-order valence-corrected chi connectivity index (χ2v) is 5.59. The van der Waals surface area contributed by atoms with Gasteiger partial charge in [-0.3, -0.25) is 0 Å². The molecular weight excluding hydrogens is 266 g/mol. The first kappa shape index (κ1) is 17.6. The van der Waals surface area contributed by atoms with Crippen molar-refractivity contribution >= 4 is 0 Å². The number of benzene rings is 1. The second-order valence-electron chi connectivity index (χ2n) is 5.59. The summed E-state index contributed by atoms with van der Waals surface area (Å²) in [5, 5.41) is 3.60. The Hall–Kier alpha value is -1.42. The Morgan fingerprint density at radius 2 is 1.52 bits per heavy atom. The van der Waals surface area contributed by atoms with E-state index in [9.17, 15) is 0 Å². The van der Waals surface area contributed by atoms with Gasteiger partial charge in [0.15, 0.2) is 11.5 Å². The van der Waals surface area contributed by atoms with Gasteiger partial charge >= 0.3 is 0 Å². The van der Waals surface area contributed by atoms with Crippen LogP contribution in [0.15, 0.2) is 12.1 Å². The van der Waals surface area contributed by atoms with E-state index in [1.807, 2.05) is 12.1 Å². The quantitative estimate of drug-likeness (QED) is 0.752. The molecule has 0 fully saturated rings. The van der Waals surface area contributed by atoms with Gasteiger partial charge < -0.3 is 19.5 Å². The molecular formula is C17H29NO3. The maximum absolute atomic E-state index is 5.55. The predicted octanol–water partition coefficient (Wildman–Crippen LogP) is 3.80. The van der Waals surface area contributed by atoms with Crippen LogP contribution >= 0.6 is 0 Å². The van der Waals surface area contributed by atoms with Crippen LogP contribution in [0.5, 0.6) is 17.2 Å². The van der Waals surface area contributed by atoms with Crippen molar-refractivity contribution in [1.82, 2.24) is 5.32 Å². The van der Waals surface area contributed by atoms with E-state index < -0.39 is 0 Å². The van der Waals surface area contributed by atoms with Gasteiger partial charge in [-0.25, -0.2) is 0 Å². The standard InChI is InChI=1S/C17H29NO3/c1-7-8-18-14(9-12(2)3)13-10-16(20-5)17(21-6)11-15(13)19-4/h10-12,14,18H,7-9H2,1-6H3. The molecule has 0 saturated carbocycles. The molecule has 4 heteroatoms. The zero-order chi connectivity index (χ0) is 15.8. The van der Waals surface area contributed by atoms with Gasteiger partial charge in [-0.1, -0.05) is 20.8 Å². The molecule has 0 saturated heterocycles. The minimum Gasteiger partial charge on any atom is -0.496 e. The van der Waals surface area contributed by atoms with E-state index in [0.29, 0.717) is 11.7 Å². The van der Waals surface area contributed by atoms with Gasteiger partial charge in [0.25, 0.3) is 0 Å². The van der Waals surface area contributed by atoms with Crippen LogP contribution in [0.4, 0.5) is 0 Å².